The van der Waals surface area contributed by atoms with Crippen molar-refractivity contribution in [2.24, 2.45) is 5.10 Å². The molecule has 0 aliphatic carbocycles. The van der Waals surface area contributed by atoms with E-state index in [2.05, 4.69) is 53.0 Å². The highest BCUT2D eigenvalue weighted by atomic mass is 79.9. The molecule has 14 heteroatoms. The molecule has 0 spiro atoms. The van der Waals surface area contributed by atoms with Crippen LogP contribution in [0.3, 0.4) is 0 Å². The lowest BCUT2D eigenvalue weighted by Gasteiger charge is -2.28. The van der Waals surface area contributed by atoms with Crippen LogP contribution in [-0.4, -0.2) is 49.9 Å². The Hall–Kier alpha value is -3.78. The van der Waals surface area contributed by atoms with Crippen molar-refractivity contribution in [3.05, 3.63) is 96.5 Å². The number of aliphatic hydroxyl groups is 1. The Morgan fingerprint density at radius 2 is 1.91 bits per heavy atom. The van der Waals surface area contributed by atoms with Crippen LogP contribution in [0.25, 0.3) is 0 Å². The first-order valence-corrected chi connectivity index (χ1v) is 15.7. The van der Waals surface area contributed by atoms with Crippen LogP contribution in [0, 0.1) is 0 Å². The second-order valence-corrected chi connectivity index (χ2v) is 11.8. The average Bonchev–Trinajstić information content (AvgIpc) is 3.00. The summed E-state index contributed by atoms with van der Waals surface area (Å²) in [5, 5.41) is 20.6. The maximum Gasteiger partial charge on any atom is 0.337 e. The van der Waals surface area contributed by atoms with Gasteiger partial charge in [0.25, 0.3) is 0 Å². The van der Waals surface area contributed by atoms with Gasteiger partial charge in [0.2, 0.25) is 0 Å². The second kappa shape index (κ2) is 16.0. The van der Waals surface area contributed by atoms with Gasteiger partial charge in [-0.2, -0.15) is 5.10 Å². The molecule has 3 aromatic rings. The third-order valence-electron chi connectivity index (χ3n) is 6.47. The molecule has 0 aromatic heterocycles. The number of hydrogen-bond acceptors (Lipinski definition) is 9. The number of hydrogen-bond donors (Lipinski definition) is 4. The highest BCUT2D eigenvalue weighted by Gasteiger charge is 2.32. The fraction of sp³-hybridized carbons (Fsp3) is 0.258. The van der Waals surface area contributed by atoms with Crippen LogP contribution in [0.1, 0.15) is 36.6 Å². The van der Waals surface area contributed by atoms with Gasteiger partial charge < -0.3 is 34.7 Å². The number of carbonyl (C=O) groups is 2. The van der Waals surface area contributed by atoms with Crippen molar-refractivity contribution in [2.45, 2.75) is 32.7 Å². The zero-order valence-electron chi connectivity index (χ0n) is 24.5. The van der Waals surface area contributed by atoms with Crippen LogP contribution in [0.4, 0.5) is 4.79 Å². The third-order valence-corrected chi connectivity index (χ3v) is 7.88. The maximum absolute atomic E-state index is 12.5. The molecule has 0 bridgehead atoms. The smallest absolute Gasteiger partial charge is 0.337 e. The topological polar surface area (TPSA) is 140 Å². The number of allylic oxidation sites excluding steroid dienone is 1. The van der Waals surface area contributed by atoms with Crippen molar-refractivity contribution in [3.8, 4) is 17.2 Å². The Balaban J connectivity index is 1.43. The van der Waals surface area contributed by atoms with E-state index in [9.17, 15) is 14.7 Å². The van der Waals surface area contributed by atoms with Crippen molar-refractivity contribution in [1.29, 1.82) is 0 Å². The van der Waals surface area contributed by atoms with Crippen LogP contribution in [-0.2, 0) is 16.1 Å². The lowest BCUT2D eigenvalue weighted by Crippen LogP contribution is -2.45. The van der Waals surface area contributed by atoms with Gasteiger partial charge in [0.1, 0.15) is 19.0 Å². The molecule has 0 unspecified atom stereocenters. The lowest BCUT2D eigenvalue weighted by molar-refractivity contribution is -0.136. The number of nitrogens with zero attached hydrogens (tertiary/aromatic N) is 1. The molecular weight excluding hydrogens is 736 g/mol. The molecule has 0 saturated carbocycles. The van der Waals surface area contributed by atoms with E-state index in [1.807, 2.05) is 37.3 Å². The first kappa shape index (κ1) is 34.1. The minimum atomic E-state index is -1.18. The number of amides is 2. The van der Waals surface area contributed by atoms with Gasteiger partial charge in [0.15, 0.2) is 17.7 Å². The van der Waals surface area contributed by atoms with E-state index < -0.39 is 24.3 Å². The number of aliphatic hydroxyl groups excluding tert-OH is 1. The number of carbonyl (C=O) groups excluding carboxylic acids is 2. The molecule has 0 fully saturated rings. The molecule has 238 valence electrons. The molecular formula is C31H31Br2ClN4O7. The van der Waals surface area contributed by atoms with Crippen molar-refractivity contribution >= 4 is 61.7 Å². The minimum Gasteiger partial charge on any atom is -0.490 e. The van der Waals surface area contributed by atoms with E-state index in [0.717, 1.165) is 10.0 Å². The number of esters is 1. The Bertz CT molecular complexity index is 1620. The van der Waals surface area contributed by atoms with Gasteiger partial charge in [-0.3, -0.25) is 5.43 Å². The summed E-state index contributed by atoms with van der Waals surface area (Å²) in [4.78, 5) is 24.6. The Kier molecular flexibility index (Phi) is 12.1. The van der Waals surface area contributed by atoms with Gasteiger partial charge in [-0.05, 0) is 65.7 Å². The summed E-state index contributed by atoms with van der Waals surface area (Å²) < 4.78 is 24.1. The Morgan fingerprint density at radius 1 is 1.13 bits per heavy atom. The van der Waals surface area contributed by atoms with E-state index >= 15 is 0 Å². The number of ether oxygens (including phenoxy) is 4. The fourth-order valence-corrected chi connectivity index (χ4v) is 5.97. The molecule has 11 nitrogen and oxygen atoms in total. The van der Waals surface area contributed by atoms with Crippen LogP contribution >= 0.6 is 43.5 Å². The molecule has 1 aliphatic rings. The summed E-state index contributed by atoms with van der Waals surface area (Å²) in [6, 6.07) is 14.9. The average molecular weight is 767 g/mol. The van der Waals surface area contributed by atoms with E-state index in [1.165, 1.54) is 13.3 Å². The van der Waals surface area contributed by atoms with Crippen molar-refractivity contribution < 1.29 is 33.6 Å². The van der Waals surface area contributed by atoms with Gasteiger partial charge in [-0.15, -0.1) is 0 Å². The molecule has 3 aromatic carbocycles. The van der Waals surface area contributed by atoms with Crippen molar-refractivity contribution in [1.82, 2.24) is 16.1 Å². The highest BCUT2D eigenvalue weighted by Crippen LogP contribution is 2.35. The SMILES string of the molecule is CCOc1cc([C@H]2NC(=O)NC(C)=C2C(=O)OC)ccc1OC[C@@H](O)N/N=C/c1cc(Br)cc(Br)c1OCc1ccccc1Cl. The molecule has 2 atom stereocenters. The van der Waals surface area contributed by atoms with Crippen molar-refractivity contribution in [3.63, 3.8) is 0 Å². The van der Waals surface area contributed by atoms with Gasteiger partial charge in [-0.25, -0.2) is 9.59 Å². The number of urea groups is 1. The predicted molar refractivity (Wildman–Crippen MR) is 177 cm³/mol. The number of halogens is 3. The first-order chi connectivity index (χ1) is 21.6. The summed E-state index contributed by atoms with van der Waals surface area (Å²) in [5.41, 5.74) is 5.34. The summed E-state index contributed by atoms with van der Waals surface area (Å²) in [7, 11) is 1.27. The molecule has 4 N–H and O–H groups in total. The summed E-state index contributed by atoms with van der Waals surface area (Å²) in [5.74, 6) is 0.672. The molecule has 1 aliphatic heterocycles. The zero-order valence-corrected chi connectivity index (χ0v) is 28.5. The molecule has 0 radical (unpaired) electrons. The summed E-state index contributed by atoms with van der Waals surface area (Å²) >= 11 is 13.3. The molecule has 4 rings (SSSR count). The molecule has 2 amide bonds. The number of hydrazone groups is 1. The monoisotopic (exact) mass is 764 g/mol. The third kappa shape index (κ3) is 8.91. The normalized spacial score (nSPS) is 15.3. The fourth-order valence-electron chi connectivity index (χ4n) is 4.41. The quantitative estimate of drug-likeness (QED) is 0.0724. The van der Waals surface area contributed by atoms with E-state index in [-0.39, 0.29) is 18.8 Å². The Labute approximate surface area is 282 Å². The molecule has 1 heterocycles. The van der Waals surface area contributed by atoms with Gasteiger partial charge in [0, 0.05) is 26.3 Å². The number of methoxy groups -OCH3 is 1. The molecule has 0 saturated heterocycles. The number of rotatable bonds is 13. The van der Waals surface area contributed by atoms with Crippen molar-refractivity contribution in [2.75, 3.05) is 20.3 Å². The van der Waals surface area contributed by atoms with E-state index in [1.54, 1.807) is 31.2 Å². The minimum absolute atomic E-state index is 0.175. The van der Waals surface area contributed by atoms with E-state index in [4.69, 9.17) is 30.5 Å². The number of benzene rings is 3. The second-order valence-electron chi connectivity index (χ2n) is 9.60. The molecule has 45 heavy (non-hydrogen) atoms. The zero-order chi connectivity index (χ0) is 32.5. The van der Waals surface area contributed by atoms with Gasteiger partial charge in [0.05, 0.1) is 36.0 Å². The lowest BCUT2D eigenvalue weighted by atomic mass is 9.95. The first-order valence-electron chi connectivity index (χ1n) is 13.7. The largest absolute Gasteiger partial charge is 0.490 e. The van der Waals surface area contributed by atoms with E-state index in [0.29, 0.717) is 50.2 Å². The van der Waals surface area contributed by atoms with Crippen LogP contribution in [0.2, 0.25) is 5.02 Å². The van der Waals surface area contributed by atoms with Gasteiger partial charge in [-0.1, -0.05) is 51.8 Å². The van der Waals surface area contributed by atoms with Crippen LogP contribution < -0.4 is 30.3 Å². The highest BCUT2D eigenvalue weighted by molar-refractivity contribution is 9.11. The summed E-state index contributed by atoms with van der Waals surface area (Å²) in [6.45, 7) is 3.83. The van der Waals surface area contributed by atoms with Crippen LogP contribution in [0.15, 0.2) is 79.9 Å². The van der Waals surface area contributed by atoms with Gasteiger partial charge >= 0.3 is 12.0 Å². The summed E-state index contributed by atoms with van der Waals surface area (Å²) in [6.07, 6.45) is 0.335. The standard InChI is InChI=1S/C31H31Br2ClN4O7/c1-4-43-25-12-18(28-27(30(40)42-3)17(2)36-31(41)37-28)9-10-24(25)44-16-26(39)38-35-14-20-11-21(32)13-22(33)29(20)45-15-19-7-5-6-8-23(19)34/h5-14,26,28,38-39H,4,15-16H2,1-3H3,(H2,36,37,41)/b35-14+/t26-,28-/m1/s1. The predicted octanol–water partition coefficient (Wildman–Crippen LogP) is 5.96. The number of nitrogens with one attached hydrogen (secondary N) is 3. The Morgan fingerprint density at radius 3 is 2.64 bits per heavy atom. The maximum atomic E-state index is 12.5. The van der Waals surface area contributed by atoms with Crippen LogP contribution in [0.5, 0.6) is 17.2 Å².